The zero-order chi connectivity index (χ0) is 19.4. The Morgan fingerprint density at radius 2 is 2.04 bits per heavy atom. The monoisotopic (exact) mass is 389 g/mol. The van der Waals surface area contributed by atoms with Crippen molar-refractivity contribution in [1.29, 1.82) is 0 Å². The number of thiocarbonyl (C=S) groups is 1. The van der Waals surface area contributed by atoms with Crippen molar-refractivity contribution < 1.29 is 13.9 Å². The first kappa shape index (κ1) is 19.6. The van der Waals surface area contributed by atoms with E-state index in [1.807, 2.05) is 24.3 Å². The minimum atomic E-state index is -0.382. The molecule has 1 fully saturated rings. The van der Waals surface area contributed by atoms with Crippen LogP contribution >= 0.6 is 12.2 Å². The number of carbonyl (C=O) groups excluding carboxylic acids is 1. The third-order valence-electron chi connectivity index (χ3n) is 5.51. The topological polar surface area (TPSA) is 75.5 Å². The summed E-state index contributed by atoms with van der Waals surface area (Å²) in [4.78, 5) is 12.6. The van der Waals surface area contributed by atoms with Crippen LogP contribution in [0.4, 0.5) is 0 Å². The van der Waals surface area contributed by atoms with Crippen molar-refractivity contribution >= 4 is 34.2 Å². The number of nitrogens with one attached hydrogen (secondary N) is 3. The van der Waals surface area contributed by atoms with Crippen LogP contribution in [-0.2, 0) is 11.3 Å². The van der Waals surface area contributed by atoms with Crippen molar-refractivity contribution in [1.82, 2.24) is 16.2 Å². The number of ether oxygens (including phenoxy) is 1. The van der Waals surface area contributed by atoms with E-state index in [9.17, 15) is 4.79 Å². The van der Waals surface area contributed by atoms with Gasteiger partial charge in [-0.1, -0.05) is 44.9 Å². The zero-order valence-electron chi connectivity index (χ0n) is 16.0. The van der Waals surface area contributed by atoms with Gasteiger partial charge in [0.1, 0.15) is 5.58 Å². The summed E-state index contributed by atoms with van der Waals surface area (Å²) in [6.07, 6.45) is 3.53. The highest BCUT2D eigenvalue weighted by atomic mass is 32.1. The van der Waals surface area contributed by atoms with Crippen molar-refractivity contribution in [3.8, 4) is 0 Å². The Morgan fingerprint density at radius 3 is 2.81 bits per heavy atom. The normalized spacial score (nSPS) is 22.4. The van der Waals surface area contributed by atoms with Crippen molar-refractivity contribution in [2.24, 2.45) is 11.8 Å². The summed E-state index contributed by atoms with van der Waals surface area (Å²) in [7, 11) is 1.59. The van der Waals surface area contributed by atoms with E-state index >= 15 is 0 Å². The standard InChI is InChI=1S/C20H27N3O3S/c1-12-7-6-9-16(13(12)2)21-20(27)23-22-19(24)18-15(11-25-3)14-8-4-5-10-17(14)26-18/h4-5,8,10,12-13,16H,6-7,9,11H2,1-3H3,(H,22,24)(H2,21,23,27)/t12-,13+,16-/m0/s1. The van der Waals surface area contributed by atoms with Gasteiger partial charge in [-0.15, -0.1) is 0 Å². The fourth-order valence-electron chi connectivity index (χ4n) is 3.73. The summed E-state index contributed by atoms with van der Waals surface area (Å²) in [5, 5.41) is 4.61. The number of hydrogen-bond acceptors (Lipinski definition) is 4. The van der Waals surface area contributed by atoms with Crippen molar-refractivity contribution in [2.45, 2.75) is 45.8 Å². The summed E-state index contributed by atoms with van der Waals surface area (Å²) in [5.41, 5.74) is 6.81. The van der Waals surface area contributed by atoms with Gasteiger partial charge in [-0.3, -0.25) is 15.6 Å². The predicted octanol–water partition coefficient (Wildman–Crippen LogP) is 3.51. The number of methoxy groups -OCH3 is 1. The van der Waals surface area contributed by atoms with Crippen LogP contribution in [0.5, 0.6) is 0 Å². The summed E-state index contributed by atoms with van der Waals surface area (Å²) in [6, 6.07) is 7.84. The van der Waals surface area contributed by atoms with E-state index in [0.29, 0.717) is 35.2 Å². The molecule has 6 nitrogen and oxygen atoms in total. The number of hydrogen-bond donors (Lipinski definition) is 3. The Bertz CT molecular complexity index is 820. The molecule has 0 unspecified atom stereocenters. The van der Waals surface area contributed by atoms with Crippen molar-refractivity contribution in [3.05, 3.63) is 35.6 Å². The van der Waals surface area contributed by atoms with E-state index in [4.69, 9.17) is 21.4 Å². The van der Waals surface area contributed by atoms with Crippen LogP contribution in [0.3, 0.4) is 0 Å². The Labute approximate surface area is 165 Å². The number of amides is 1. The molecule has 0 radical (unpaired) electrons. The second-order valence-electron chi connectivity index (χ2n) is 7.27. The highest BCUT2D eigenvalue weighted by Crippen LogP contribution is 2.29. The van der Waals surface area contributed by atoms with Gasteiger partial charge in [0.2, 0.25) is 0 Å². The molecule has 7 heteroatoms. The van der Waals surface area contributed by atoms with Crippen LogP contribution in [-0.4, -0.2) is 24.2 Å². The molecule has 2 aromatic rings. The molecule has 0 aliphatic heterocycles. The average molecular weight is 390 g/mol. The average Bonchev–Trinajstić information content (AvgIpc) is 3.03. The van der Waals surface area contributed by atoms with E-state index in [1.165, 1.54) is 12.8 Å². The first-order chi connectivity index (χ1) is 13.0. The molecule has 0 saturated heterocycles. The lowest BCUT2D eigenvalue weighted by molar-refractivity contribution is 0.0911. The van der Waals surface area contributed by atoms with Gasteiger partial charge < -0.3 is 14.5 Å². The number of fused-ring (bicyclic) bond motifs is 1. The van der Waals surface area contributed by atoms with Gasteiger partial charge in [0.05, 0.1) is 6.61 Å². The number of furan rings is 1. The van der Waals surface area contributed by atoms with Crippen LogP contribution in [0.1, 0.15) is 49.2 Å². The van der Waals surface area contributed by atoms with Crippen LogP contribution in [0.25, 0.3) is 11.0 Å². The molecule has 1 heterocycles. The van der Waals surface area contributed by atoms with E-state index in [0.717, 1.165) is 17.4 Å². The fraction of sp³-hybridized carbons (Fsp3) is 0.500. The molecule has 146 valence electrons. The molecule has 27 heavy (non-hydrogen) atoms. The Balaban J connectivity index is 1.63. The predicted molar refractivity (Wildman–Crippen MR) is 109 cm³/mol. The number of carbonyl (C=O) groups is 1. The summed E-state index contributed by atoms with van der Waals surface area (Å²) in [5.74, 6) is 1.05. The molecule has 1 aromatic heterocycles. The van der Waals surface area contributed by atoms with Gasteiger partial charge >= 0.3 is 5.91 Å². The largest absolute Gasteiger partial charge is 0.450 e. The molecular formula is C20H27N3O3S. The maximum absolute atomic E-state index is 12.6. The van der Waals surface area contributed by atoms with Crippen LogP contribution < -0.4 is 16.2 Å². The van der Waals surface area contributed by atoms with Crippen molar-refractivity contribution in [2.75, 3.05) is 7.11 Å². The Morgan fingerprint density at radius 1 is 1.26 bits per heavy atom. The minimum Gasteiger partial charge on any atom is -0.450 e. The zero-order valence-corrected chi connectivity index (χ0v) is 16.8. The van der Waals surface area contributed by atoms with Crippen LogP contribution in [0.15, 0.2) is 28.7 Å². The number of benzene rings is 1. The fourth-order valence-corrected chi connectivity index (χ4v) is 3.93. The SMILES string of the molecule is COCc1c(C(=O)NNC(=S)N[C@H]2CCC[C@H](C)[C@H]2C)oc2ccccc12. The molecule has 1 aliphatic rings. The first-order valence-corrected chi connectivity index (χ1v) is 9.78. The molecule has 3 atom stereocenters. The quantitative estimate of drug-likeness (QED) is 0.549. The lowest BCUT2D eigenvalue weighted by Gasteiger charge is -2.35. The van der Waals surface area contributed by atoms with Gasteiger partial charge in [-0.05, 0) is 36.5 Å². The van der Waals surface area contributed by atoms with Crippen LogP contribution in [0.2, 0.25) is 0 Å². The molecular weight excluding hydrogens is 362 g/mol. The maximum Gasteiger partial charge on any atom is 0.305 e. The third kappa shape index (κ3) is 4.42. The first-order valence-electron chi connectivity index (χ1n) is 9.37. The summed E-state index contributed by atoms with van der Waals surface area (Å²) >= 11 is 5.35. The number of para-hydroxylation sites is 1. The van der Waals surface area contributed by atoms with E-state index in [2.05, 4.69) is 30.0 Å². The maximum atomic E-state index is 12.6. The molecule has 1 saturated carbocycles. The second-order valence-corrected chi connectivity index (χ2v) is 7.67. The molecule has 1 aromatic carbocycles. The Kier molecular flexibility index (Phi) is 6.34. The Hall–Kier alpha value is -2.12. The second kappa shape index (κ2) is 8.71. The van der Waals surface area contributed by atoms with Gasteiger partial charge in [-0.2, -0.15) is 0 Å². The molecule has 3 N–H and O–H groups in total. The van der Waals surface area contributed by atoms with Crippen LogP contribution in [0, 0.1) is 11.8 Å². The molecule has 0 spiro atoms. The molecule has 3 rings (SSSR count). The summed E-state index contributed by atoms with van der Waals surface area (Å²) < 4.78 is 11.0. The van der Waals surface area contributed by atoms with E-state index < -0.39 is 0 Å². The third-order valence-corrected chi connectivity index (χ3v) is 5.73. The molecule has 0 bridgehead atoms. The molecule has 1 amide bonds. The van der Waals surface area contributed by atoms with E-state index in [-0.39, 0.29) is 11.7 Å². The lowest BCUT2D eigenvalue weighted by atomic mass is 9.78. The van der Waals surface area contributed by atoms with Gasteiger partial charge in [0, 0.05) is 24.1 Å². The highest BCUT2D eigenvalue weighted by molar-refractivity contribution is 7.80. The smallest absolute Gasteiger partial charge is 0.305 e. The molecule has 1 aliphatic carbocycles. The van der Waals surface area contributed by atoms with Gasteiger partial charge in [-0.25, -0.2) is 0 Å². The van der Waals surface area contributed by atoms with Gasteiger partial charge in [0.15, 0.2) is 10.9 Å². The summed E-state index contributed by atoms with van der Waals surface area (Å²) in [6.45, 7) is 4.81. The van der Waals surface area contributed by atoms with Gasteiger partial charge in [0.25, 0.3) is 0 Å². The number of hydrazine groups is 1. The highest BCUT2D eigenvalue weighted by Gasteiger charge is 2.27. The van der Waals surface area contributed by atoms with Crippen molar-refractivity contribution in [3.63, 3.8) is 0 Å². The van der Waals surface area contributed by atoms with E-state index in [1.54, 1.807) is 7.11 Å². The minimum absolute atomic E-state index is 0.230. The number of rotatable bonds is 4. The lowest BCUT2D eigenvalue weighted by Crippen LogP contribution is -2.52.